The second-order valence-corrected chi connectivity index (χ2v) is 5.05. The van der Waals surface area contributed by atoms with E-state index < -0.39 is 0 Å². The Morgan fingerprint density at radius 2 is 2.20 bits per heavy atom. The molecular weight excluding hydrogens is 275 g/mol. The van der Waals surface area contributed by atoms with Gasteiger partial charge in [0.1, 0.15) is 0 Å². The molecule has 0 saturated heterocycles. The molecule has 1 nitrogen and oxygen atoms in total. The lowest BCUT2D eigenvalue weighted by molar-refractivity contribution is 0.0995. The van der Waals surface area contributed by atoms with Gasteiger partial charge in [-0.25, -0.2) is 0 Å². The molecule has 15 heavy (non-hydrogen) atoms. The number of rotatable bonds is 4. The van der Waals surface area contributed by atoms with Gasteiger partial charge in [-0.05, 0) is 24.5 Å². The third-order valence-corrected chi connectivity index (χ3v) is 3.10. The Kier molecular flexibility index (Phi) is 4.81. The fourth-order valence-electron chi connectivity index (χ4n) is 1.62. The van der Waals surface area contributed by atoms with Crippen molar-refractivity contribution in [2.75, 3.05) is 0 Å². The van der Waals surface area contributed by atoms with E-state index >= 15 is 0 Å². The number of hydrogen-bond donors (Lipinski definition) is 0. The minimum Gasteiger partial charge on any atom is -0.293 e. The number of Topliss-reactive ketones (excluding diaryl/α,β-unsaturated/α-hetero) is 1. The molecule has 1 rings (SSSR count). The zero-order valence-corrected chi connectivity index (χ0v) is 11.2. The van der Waals surface area contributed by atoms with Crippen LogP contribution in [0.5, 0.6) is 0 Å². The molecule has 0 aromatic heterocycles. The van der Waals surface area contributed by atoms with Crippen LogP contribution < -0.4 is 0 Å². The number of alkyl halides is 2. The summed E-state index contributed by atoms with van der Waals surface area (Å²) in [5.74, 6) is 0.583. The van der Waals surface area contributed by atoms with Crippen LogP contribution in [-0.4, -0.2) is 10.6 Å². The molecule has 0 bridgehead atoms. The van der Waals surface area contributed by atoms with Gasteiger partial charge in [0, 0.05) is 11.4 Å². The van der Waals surface area contributed by atoms with Crippen molar-refractivity contribution in [3.05, 3.63) is 34.9 Å². The molecule has 1 aromatic rings. The fourth-order valence-corrected chi connectivity index (χ4v) is 2.12. The molecule has 0 radical (unpaired) electrons. The molecule has 0 spiro atoms. The van der Waals surface area contributed by atoms with Gasteiger partial charge in [0.2, 0.25) is 0 Å². The van der Waals surface area contributed by atoms with Crippen LogP contribution in [0.15, 0.2) is 18.2 Å². The Balaban J connectivity index is 3.23. The second kappa shape index (κ2) is 5.66. The lowest BCUT2D eigenvalue weighted by Crippen LogP contribution is -2.13. The molecule has 1 aromatic carbocycles. The summed E-state index contributed by atoms with van der Waals surface area (Å²) in [5.41, 5.74) is 2.92. The SMILES string of the molecule is CCc1c(CCl)cccc1C(=O)C(C)Br. The second-order valence-electron chi connectivity index (χ2n) is 3.41. The first kappa shape index (κ1) is 12.7. The van der Waals surface area contributed by atoms with E-state index in [9.17, 15) is 4.79 Å². The van der Waals surface area contributed by atoms with E-state index in [1.807, 2.05) is 32.0 Å². The highest BCUT2D eigenvalue weighted by atomic mass is 79.9. The zero-order chi connectivity index (χ0) is 11.4. The highest BCUT2D eigenvalue weighted by Gasteiger charge is 2.16. The van der Waals surface area contributed by atoms with E-state index in [4.69, 9.17) is 11.6 Å². The first-order valence-electron chi connectivity index (χ1n) is 4.96. The summed E-state index contributed by atoms with van der Waals surface area (Å²) >= 11 is 9.15. The molecule has 1 atom stereocenters. The van der Waals surface area contributed by atoms with Crippen LogP contribution in [0.1, 0.15) is 35.3 Å². The highest BCUT2D eigenvalue weighted by molar-refractivity contribution is 9.10. The van der Waals surface area contributed by atoms with Crippen molar-refractivity contribution in [3.63, 3.8) is 0 Å². The van der Waals surface area contributed by atoms with E-state index in [0.29, 0.717) is 5.88 Å². The quantitative estimate of drug-likeness (QED) is 0.606. The maximum Gasteiger partial charge on any atom is 0.176 e. The van der Waals surface area contributed by atoms with E-state index in [2.05, 4.69) is 15.9 Å². The summed E-state index contributed by atoms with van der Waals surface area (Å²) in [5, 5.41) is 0. The molecular formula is C12H14BrClO. The monoisotopic (exact) mass is 288 g/mol. The summed E-state index contributed by atoms with van der Waals surface area (Å²) < 4.78 is 0. The predicted molar refractivity (Wildman–Crippen MR) is 68.1 cm³/mol. The van der Waals surface area contributed by atoms with Crippen LogP contribution in [-0.2, 0) is 12.3 Å². The van der Waals surface area contributed by atoms with Crippen molar-refractivity contribution in [2.45, 2.75) is 31.0 Å². The first-order chi connectivity index (χ1) is 7.11. The third-order valence-electron chi connectivity index (χ3n) is 2.40. The Hall–Kier alpha value is -0.340. The van der Waals surface area contributed by atoms with Crippen LogP contribution in [0.2, 0.25) is 0 Å². The summed E-state index contributed by atoms with van der Waals surface area (Å²) in [4.78, 5) is 11.8. The van der Waals surface area contributed by atoms with E-state index in [1.54, 1.807) is 0 Å². The molecule has 0 saturated carbocycles. The lowest BCUT2D eigenvalue weighted by Gasteiger charge is -2.11. The smallest absolute Gasteiger partial charge is 0.176 e. The summed E-state index contributed by atoms with van der Waals surface area (Å²) in [6.07, 6.45) is 0.837. The topological polar surface area (TPSA) is 17.1 Å². The van der Waals surface area contributed by atoms with Crippen molar-refractivity contribution in [2.24, 2.45) is 0 Å². The van der Waals surface area contributed by atoms with Gasteiger partial charge in [-0.2, -0.15) is 0 Å². The summed E-state index contributed by atoms with van der Waals surface area (Å²) in [6.45, 7) is 3.89. The van der Waals surface area contributed by atoms with Gasteiger partial charge in [0.25, 0.3) is 0 Å². The minimum absolute atomic E-state index is 0.124. The van der Waals surface area contributed by atoms with Crippen molar-refractivity contribution in [1.82, 2.24) is 0 Å². The highest BCUT2D eigenvalue weighted by Crippen LogP contribution is 2.20. The van der Waals surface area contributed by atoms with Gasteiger partial charge < -0.3 is 0 Å². The molecule has 0 aliphatic heterocycles. The lowest BCUT2D eigenvalue weighted by atomic mass is 9.96. The Bertz CT molecular complexity index is 361. The fraction of sp³-hybridized carbons (Fsp3) is 0.417. The molecule has 0 heterocycles. The van der Waals surface area contributed by atoms with E-state index in [0.717, 1.165) is 23.1 Å². The first-order valence-corrected chi connectivity index (χ1v) is 6.41. The zero-order valence-electron chi connectivity index (χ0n) is 8.89. The van der Waals surface area contributed by atoms with Gasteiger partial charge in [0.15, 0.2) is 5.78 Å². The average Bonchev–Trinajstić information content (AvgIpc) is 2.26. The van der Waals surface area contributed by atoms with Crippen molar-refractivity contribution >= 4 is 33.3 Å². The molecule has 0 aliphatic rings. The van der Waals surface area contributed by atoms with Crippen LogP contribution in [0.25, 0.3) is 0 Å². The number of carbonyl (C=O) groups excluding carboxylic acids is 1. The van der Waals surface area contributed by atoms with Gasteiger partial charge in [-0.15, -0.1) is 11.6 Å². The standard InChI is InChI=1S/C12H14BrClO/c1-3-10-9(7-14)5-4-6-11(10)12(15)8(2)13/h4-6,8H,3,7H2,1-2H3. The van der Waals surface area contributed by atoms with Crippen molar-refractivity contribution in [1.29, 1.82) is 0 Å². The van der Waals surface area contributed by atoms with Crippen molar-refractivity contribution in [3.8, 4) is 0 Å². The Labute approximate surface area is 104 Å². The van der Waals surface area contributed by atoms with Crippen LogP contribution in [0, 0.1) is 0 Å². The largest absolute Gasteiger partial charge is 0.293 e. The van der Waals surface area contributed by atoms with Gasteiger partial charge in [-0.1, -0.05) is 41.1 Å². The number of hydrogen-bond acceptors (Lipinski definition) is 1. The number of halogens is 2. The maximum atomic E-state index is 11.9. The molecule has 82 valence electrons. The molecule has 0 amide bonds. The molecule has 3 heteroatoms. The number of ketones is 1. The van der Waals surface area contributed by atoms with Crippen LogP contribution >= 0.6 is 27.5 Å². The van der Waals surface area contributed by atoms with Crippen LogP contribution in [0.3, 0.4) is 0 Å². The number of carbonyl (C=O) groups is 1. The average molecular weight is 290 g/mol. The van der Waals surface area contributed by atoms with Gasteiger partial charge in [0.05, 0.1) is 4.83 Å². The predicted octanol–water partition coefficient (Wildman–Crippen LogP) is 3.95. The maximum absolute atomic E-state index is 11.9. The summed E-state index contributed by atoms with van der Waals surface area (Å²) in [6, 6.07) is 5.73. The van der Waals surface area contributed by atoms with Crippen LogP contribution in [0.4, 0.5) is 0 Å². The minimum atomic E-state index is -0.145. The molecule has 0 N–H and O–H groups in total. The molecule has 0 fully saturated rings. The normalized spacial score (nSPS) is 12.5. The number of benzene rings is 1. The van der Waals surface area contributed by atoms with Crippen molar-refractivity contribution < 1.29 is 4.79 Å². The summed E-state index contributed by atoms with van der Waals surface area (Å²) in [7, 11) is 0. The molecule has 0 aliphatic carbocycles. The Morgan fingerprint density at radius 3 is 2.67 bits per heavy atom. The van der Waals surface area contributed by atoms with E-state index in [-0.39, 0.29) is 10.6 Å². The Morgan fingerprint density at radius 1 is 1.53 bits per heavy atom. The molecule has 1 unspecified atom stereocenters. The van der Waals surface area contributed by atoms with Gasteiger partial charge >= 0.3 is 0 Å². The van der Waals surface area contributed by atoms with Gasteiger partial charge in [-0.3, -0.25) is 4.79 Å². The third kappa shape index (κ3) is 2.82. The van der Waals surface area contributed by atoms with E-state index in [1.165, 1.54) is 0 Å².